The Labute approximate surface area is 162 Å². The summed E-state index contributed by atoms with van der Waals surface area (Å²) in [6.45, 7) is 12.3. The highest BCUT2D eigenvalue weighted by molar-refractivity contribution is 5.79. The Kier molecular flexibility index (Phi) is 6.32. The van der Waals surface area contributed by atoms with Crippen LogP contribution in [-0.4, -0.2) is 46.9 Å². The summed E-state index contributed by atoms with van der Waals surface area (Å²) in [5, 5.41) is 0. The van der Waals surface area contributed by atoms with Gasteiger partial charge < -0.3 is 9.32 Å². The molecular weight excluding hydrogens is 338 g/mol. The van der Waals surface area contributed by atoms with Crippen LogP contribution in [0.3, 0.4) is 0 Å². The average Bonchev–Trinajstić information content (AvgIpc) is 3.03. The lowest BCUT2D eigenvalue weighted by Gasteiger charge is -2.34. The molecule has 1 amide bonds. The number of hydrogen-bond acceptors (Lipinski definition) is 4. The number of aromatic nitrogens is 1. The minimum absolute atomic E-state index is 0.0988. The first-order chi connectivity index (χ1) is 13.0. The van der Waals surface area contributed by atoms with E-state index in [0.29, 0.717) is 11.8 Å². The number of likely N-dealkylation sites (tertiary alicyclic amines) is 1. The van der Waals surface area contributed by atoms with E-state index < -0.39 is 0 Å². The Morgan fingerprint density at radius 3 is 2.70 bits per heavy atom. The van der Waals surface area contributed by atoms with Crippen LogP contribution >= 0.6 is 0 Å². The van der Waals surface area contributed by atoms with Crippen molar-refractivity contribution in [2.75, 3.05) is 26.2 Å². The van der Waals surface area contributed by atoms with Crippen LogP contribution in [0, 0.1) is 19.8 Å². The molecule has 27 heavy (non-hydrogen) atoms. The third-order valence-corrected chi connectivity index (χ3v) is 5.57. The zero-order chi connectivity index (χ0) is 19.4. The molecule has 5 nitrogen and oxygen atoms in total. The number of oxazole rings is 1. The second-order valence-electron chi connectivity index (χ2n) is 7.42. The molecule has 2 aromatic rings. The predicted molar refractivity (Wildman–Crippen MR) is 107 cm³/mol. The summed E-state index contributed by atoms with van der Waals surface area (Å²) in [4.78, 5) is 21.8. The van der Waals surface area contributed by atoms with Gasteiger partial charge in [0.05, 0.1) is 11.6 Å². The molecule has 5 heteroatoms. The molecule has 1 aliphatic rings. The van der Waals surface area contributed by atoms with Crippen LogP contribution in [0.25, 0.3) is 11.5 Å². The quantitative estimate of drug-likeness (QED) is 0.771. The van der Waals surface area contributed by atoms with Crippen molar-refractivity contribution < 1.29 is 9.21 Å². The van der Waals surface area contributed by atoms with Gasteiger partial charge in [0, 0.05) is 31.7 Å². The van der Waals surface area contributed by atoms with E-state index in [2.05, 4.69) is 17.9 Å². The van der Waals surface area contributed by atoms with Gasteiger partial charge in [-0.15, -0.1) is 0 Å². The molecule has 0 bridgehead atoms. The number of amides is 1. The summed E-state index contributed by atoms with van der Waals surface area (Å²) in [6.07, 6.45) is 2.04. The number of nitrogens with zero attached hydrogens (tertiary/aromatic N) is 3. The van der Waals surface area contributed by atoms with Crippen molar-refractivity contribution in [2.45, 2.75) is 47.1 Å². The van der Waals surface area contributed by atoms with Gasteiger partial charge in [-0.2, -0.15) is 0 Å². The largest absolute Gasteiger partial charge is 0.441 e. The van der Waals surface area contributed by atoms with E-state index in [1.807, 2.05) is 43.9 Å². The minimum atomic E-state index is 0.0988. The molecule has 1 aromatic carbocycles. The van der Waals surface area contributed by atoms with Crippen LogP contribution in [-0.2, 0) is 11.3 Å². The molecule has 0 N–H and O–H groups in total. The second-order valence-corrected chi connectivity index (χ2v) is 7.42. The van der Waals surface area contributed by atoms with E-state index in [-0.39, 0.29) is 5.92 Å². The first kappa shape index (κ1) is 19.6. The molecule has 0 radical (unpaired) electrons. The van der Waals surface area contributed by atoms with Crippen LogP contribution in [0.15, 0.2) is 28.7 Å². The predicted octanol–water partition coefficient (Wildman–Crippen LogP) is 4.04. The standard InChI is InChI=1S/C22H31N3O2/c1-5-25(6-2)22(26)18-11-9-13-24(14-18)15-20-17(4)27-21(23-20)19-12-8-7-10-16(19)3/h7-8,10,12,18H,5-6,9,11,13-15H2,1-4H3. The van der Waals surface area contributed by atoms with Crippen LogP contribution in [0.2, 0.25) is 0 Å². The molecule has 3 rings (SSSR count). The first-order valence-electron chi connectivity index (χ1n) is 10.1. The van der Waals surface area contributed by atoms with Gasteiger partial charge in [0.2, 0.25) is 11.8 Å². The summed E-state index contributed by atoms with van der Waals surface area (Å²) in [6, 6.07) is 8.15. The summed E-state index contributed by atoms with van der Waals surface area (Å²) >= 11 is 0. The Balaban J connectivity index is 1.70. The van der Waals surface area contributed by atoms with Gasteiger partial charge in [0.25, 0.3) is 0 Å². The summed E-state index contributed by atoms with van der Waals surface area (Å²) in [7, 11) is 0. The lowest BCUT2D eigenvalue weighted by atomic mass is 9.96. The normalized spacial score (nSPS) is 17.9. The second kappa shape index (κ2) is 8.70. The summed E-state index contributed by atoms with van der Waals surface area (Å²) < 4.78 is 5.96. The number of carbonyl (C=O) groups is 1. The van der Waals surface area contributed by atoms with Crippen molar-refractivity contribution in [1.82, 2.24) is 14.8 Å². The van der Waals surface area contributed by atoms with Gasteiger partial charge in [0.15, 0.2) is 0 Å². The van der Waals surface area contributed by atoms with Crippen LogP contribution in [0.5, 0.6) is 0 Å². The van der Waals surface area contributed by atoms with Crippen molar-refractivity contribution in [3.8, 4) is 11.5 Å². The lowest BCUT2D eigenvalue weighted by molar-refractivity contribution is -0.137. The van der Waals surface area contributed by atoms with Gasteiger partial charge in [-0.25, -0.2) is 4.98 Å². The lowest BCUT2D eigenvalue weighted by Crippen LogP contribution is -2.44. The Morgan fingerprint density at radius 2 is 2.00 bits per heavy atom. The number of piperidine rings is 1. The number of aryl methyl sites for hydroxylation is 2. The van der Waals surface area contributed by atoms with E-state index in [4.69, 9.17) is 9.40 Å². The van der Waals surface area contributed by atoms with Crippen molar-refractivity contribution in [1.29, 1.82) is 0 Å². The Bertz CT molecular complexity index is 780. The van der Waals surface area contributed by atoms with Gasteiger partial charge in [-0.3, -0.25) is 9.69 Å². The molecule has 1 atom stereocenters. The fourth-order valence-corrected chi connectivity index (χ4v) is 3.91. The van der Waals surface area contributed by atoms with Crippen molar-refractivity contribution in [3.63, 3.8) is 0 Å². The highest BCUT2D eigenvalue weighted by Crippen LogP contribution is 2.27. The fourth-order valence-electron chi connectivity index (χ4n) is 3.91. The molecule has 1 unspecified atom stereocenters. The minimum Gasteiger partial charge on any atom is -0.441 e. The average molecular weight is 370 g/mol. The monoisotopic (exact) mass is 369 g/mol. The first-order valence-corrected chi connectivity index (χ1v) is 10.1. The van der Waals surface area contributed by atoms with Gasteiger partial charge >= 0.3 is 0 Å². The Hall–Kier alpha value is -2.14. The summed E-state index contributed by atoms with van der Waals surface area (Å²) in [5.74, 6) is 1.95. The van der Waals surface area contributed by atoms with Gasteiger partial charge in [-0.05, 0) is 58.7 Å². The van der Waals surface area contributed by atoms with Crippen molar-refractivity contribution in [2.24, 2.45) is 5.92 Å². The number of hydrogen-bond donors (Lipinski definition) is 0. The van der Waals surface area contributed by atoms with Crippen molar-refractivity contribution >= 4 is 5.91 Å². The van der Waals surface area contributed by atoms with E-state index in [1.165, 1.54) is 0 Å². The Morgan fingerprint density at radius 1 is 1.26 bits per heavy atom. The molecule has 1 saturated heterocycles. The third-order valence-electron chi connectivity index (χ3n) is 5.57. The third kappa shape index (κ3) is 4.41. The van der Waals surface area contributed by atoms with E-state index in [0.717, 1.165) is 68.1 Å². The highest BCUT2D eigenvalue weighted by Gasteiger charge is 2.29. The maximum Gasteiger partial charge on any atom is 0.226 e. The zero-order valence-electron chi connectivity index (χ0n) is 17.0. The fraction of sp³-hybridized carbons (Fsp3) is 0.545. The van der Waals surface area contributed by atoms with E-state index in [1.54, 1.807) is 0 Å². The maximum absolute atomic E-state index is 12.7. The number of carbonyl (C=O) groups excluding carboxylic acids is 1. The zero-order valence-corrected chi connectivity index (χ0v) is 17.0. The molecule has 0 spiro atoms. The molecular formula is C22H31N3O2. The number of rotatable bonds is 6. The molecule has 0 saturated carbocycles. The topological polar surface area (TPSA) is 49.6 Å². The molecule has 1 aromatic heterocycles. The SMILES string of the molecule is CCN(CC)C(=O)C1CCCN(Cc2nc(-c3ccccc3C)oc2C)C1. The maximum atomic E-state index is 12.7. The molecule has 1 aliphatic heterocycles. The molecule has 146 valence electrons. The molecule has 2 heterocycles. The number of benzene rings is 1. The summed E-state index contributed by atoms with van der Waals surface area (Å²) in [5.41, 5.74) is 3.18. The van der Waals surface area contributed by atoms with E-state index in [9.17, 15) is 4.79 Å². The van der Waals surface area contributed by atoms with Crippen LogP contribution in [0.1, 0.15) is 43.7 Å². The smallest absolute Gasteiger partial charge is 0.226 e. The van der Waals surface area contributed by atoms with Gasteiger partial charge in [-0.1, -0.05) is 18.2 Å². The van der Waals surface area contributed by atoms with Crippen LogP contribution < -0.4 is 0 Å². The van der Waals surface area contributed by atoms with Crippen molar-refractivity contribution in [3.05, 3.63) is 41.3 Å². The van der Waals surface area contributed by atoms with Gasteiger partial charge in [0.1, 0.15) is 5.76 Å². The molecule has 0 aliphatic carbocycles. The highest BCUT2D eigenvalue weighted by atomic mass is 16.4. The molecule has 1 fully saturated rings. The van der Waals surface area contributed by atoms with E-state index >= 15 is 0 Å². The van der Waals surface area contributed by atoms with Crippen LogP contribution in [0.4, 0.5) is 0 Å².